The van der Waals surface area contributed by atoms with Gasteiger partial charge in [-0.3, -0.25) is 9.69 Å². The molecule has 1 heterocycles. The summed E-state index contributed by atoms with van der Waals surface area (Å²) in [5.41, 5.74) is 4.33. The van der Waals surface area contributed by atoms with Crippen LogP contribution in [0, 0.1) is 32.4 Å². The van der Waals surface area contributed by atoms with Gasteiger partial charge in [-0.1, -0.05) is 35.9 Å². The molecular weight excluding hydrogens is 436 g/mol. The zero-order valence-corrected chi connectivity index (χ0v) is 19.5. The molecule has 0 unspecified atom stereocenters. The number of benzene rings is 3. The molecule has 0 spiro atoms. The maximum Gasteiger partial charge on any atom is 0.324 e. The van der Waals surface area contributed by atoms with Crippen LogP contribution in [0.25, 0.3) is 0 Å². The van der Waals surface area contributed by atoms with E-state index in [1.807, 2.05) is 39.0 Å². The number of hydrogen-bond acceptors (Lipinski definition) is 2. The minimum atomic E-state index is -0.944. The smallest absolute Gasteiger partial charge is 0.320 e. The predicted molar refractivity (Wildman–Crippen MR) is 129 cm³/mol. The minimum Gasteiger partial charge on any atom is -0.320 e. The van der Waals surface area contributed by atoms with Crippen LogP contribution in [0.15, 0.2) is 54.6 Å². The third-order valence-corrected chi connectivity index (χ3v) is 6.06. The molecule has 1 aliphatic rings. The first kappa shape index (κ1) is 23.4. The maximum atomic E-state index is 14.1. The van der Waals surface area contributed by atoms with Gasteiger partial charge in [-0.05, 0) is 68.1 Å². The molecule has 3 amide bonds. The number of nitrogens with one attached hydrogen (secondary N) is 1. The molecular formula is C27H27F2N3O2. The highest BCUT2D eigenvalue weighted by molar-refractivity contribution is 6.08. The Morgan fingerprint density at radius 2 is 1.62 bits per heavy atom. The van der Waals surface area contributed by atoms with Crippen molar-refractivity contribution in [2.24, 2.45) is 0 Å². The Bertz CT molecular complexity index is 1240. The molecule has 7 heteroatoms. The molecule has 0 bridgehead atoms. The number of urea groups is 1. The van der Waals surface area contributed by atoms with Crippen molar-refractivity contribution < 1.29 is 18.4 Å². The van der Waals surface area contributed by atoms with Crippen molar-refractivity contribution in [3.8, 4) is 0 Å². The van der Waals surface area contributed by atoms with E-state index in [1.54, 1.807) is 21.9 Å². The lowest BCUT2D eigenvalue weighted by Crippen LogP contribution is -2.49. The number of anilines is 2. The number of hydrogen-bond donors (Lipinski definition) is 1. The van der Waals surface area contributed by atoms with Gasteiger partial charge in [0.1, 0.15) is 17.2 Å². The summed E-state index contributed by atoms with van der Waals surface area (Å²) >= 11 is 0. The van der Waals surface area contributed by atoms with Crippen LogP contribution in [0.4, 0.5) is 25.0 Å². The first-order valence-electron chi connectivity index (χ1n) is 11.2. The number of aryl methyl sites for hydroxylation is 3. The number of halogens is 2. The Kier molecular flexibility index (Phi) is 6.63. The molecule has 5 nitrogen and oxygen atoms in total. The summed E-state index contributed by atoms with van der Waals surface area (Å²) in [7, 11) is 0. The second-order valence-corrected chi connectivity index (χ2v) is 8.71. The van der Waals surface area contributed by atoms with E-state index in [4.69, 9.17) is 0 Å². The molecule has 1 aliphatic heterocycles. The van der Waals surface area contributed by atoms with E-state index in [2.05, 4.69) is 11.4 Å². The number of carbonyl (C=O) groups is 2. The summed E-state index contributed by atoms with van der Waals surface area (Å²) < 4.78 is 28.3. The van der Waals surface area contributed by atoms with E-state index in [0.717, 1.165) is 40.8 Å². The van der Waals surface area contributed by atoms with E-state index in [9.17, 15) is 18.4 Å². The lowest BCUT2D eigenvalue weighted by atomic mass is 10.0. The number of carbonyl (C=O) groups excluding carboxylic acids is 2. The van der Waals surface area contributed by atoms with Crippen molar-refractivity contribution in [1.29, 1.82) is 0 Å². The fraction of sp³-hybridized carbons (Fsp3) is 0.259. The topological polar surface area (TPSA) is 52.6 Å². The van der Waals surface area contributed by atoms with Gasteiger partial charge in [0.05, 0.1) is 11.4 Å². The van der Waals surface area contributed by atoms with Gasteiger partial charge in [-0.2, -0.15) is 0 Å². The summed E-state index contributed by atoms with van der Waals surface area (Å²) in [6.07, 6.45) is 0.750. The summed E-state index contributed by atoms with van der Waals surface area (Å²) in [5, 5.41) is 2.62. The monoisotopic (exact) mass is 463 g/mol. The van der Waals surface area contributed by atoms with Gasteiger partial charge in [0.15, 0.2) is 0 Å². The highest BCUT2D eigenvalue weighted by Crippen LogP contribution is 2.31. The van der Waals surface area contributed by atoms with Gasteiger partial charge in [0.25, 0.3) is 5.91 Å². The van der Waals surface area contributed by atoms with E-state index >= 15 is 0 Å². The Morgan fingerprint density at radius 1 is 0.941 bits per heavy atom. The van der Waals surface area contributed by atoms with Crippen molar-refractivity contribution in [1.82, 2.24) is 4.90 Å². The van der Waals surface area contributed by atoms with Crippen LogP contribution in [-0.4, -0.2) is 29.9 Å². The molecule has 0 saturated carbocycles. The molecule has 0 aromatic heterocycles. The van der Waals surface area contributed by atoms with Gasteiger partial charge in [0, 0.05) is 19.6 Å². The number of rotatable bonds is 5. The highest BCUT2D eigenvalue weighted by atomic mass is 19.1. The summed E-state index contributed by atoms with van der Waals surface area (Å²) in [4.78, 5) is 29.6. The van der Waals surface area contributed by atoms with Gasteiger partial charge in [0.2, 0.25) is 0 Å². The average molecular weight is 464 g/mol. The predicted octanol–water partition coefficient (Wildman–Crippen LogP) is 5.97. The van der Waals surface area contributed by atoms with Crippen LogP contribution in [0.2, 0.25) is 0 Å². The van der Waals surface area contributed by atoms with Crippen LogP contribution in [0.5, 0.6) is 0 Å². The molecule has 4 rings (SSSR count). The molecule has 34 heavy (non-hydrogen) atoms. The van der Waals surface area contributed by atoms with Gasteiger partial charge >= 0.3 is 6.03 Å². The first-order valence-corrected chi connectivity index (χ1v) is 11.2. The Hall–Kier alpha value is -3.74. The fourth-order valence-corrected chi connectivity index (χ4v) is 4.21. The second-order valence-electron chi connectivity index (χ2n) is 8.71. The molecule has 1 saturated heterocycles. The van der Waals surface area contributed by atoms with Crippen molar-refractivity contribution in [2.45, 2.75) is 33.7 Å². The van der Waals surface area contributed by atoms with E-state index < -0.39 is 23.1 Å². The molecule has 3 aromatic carbocycles. The van der Waals surface area contributed by atoms with Gasteiger partial charge in [-0.25, -0.2) is 13.6 Å². The fourth-order valence-electron chi connectivity index (χ4n) is 4.21. The summed E-state index contributed by atoms with van der Waals surface area (Å²) in [5.74, 6) is -2.79. The lowest BCUT2D eigenvalue weighted by molar-refractivity contribution is 0.101. The van der Waals surface area contributed by atoms with Crippen LogP contribution < -0.4 is 10.2 Å². The largest absolute Gasteiger partial charge is 0.324 e. The van der Waals surface area contributed by atoms with E-state index in [1.165, 1.54) is 6.07 Å². The molecule has 3 aromatic rings. The summed E-state index contributed by atoms with van der Waals surface area (Å²) in [6.45, 7) is 7.47. The molecule has 176 valence electrons. The van der Waals surface area contributed by atoms with Crippen LogP contribution in [0.1, 0.15) is 39.0 Å². The molecule has 0 aliphatic carbocycles. The zero-order chi connectivity index (χ0) is 24.4. The Morgan fingerprint density at radius 3 is 2.35 bits per heavy atom. The third-order valence-electron chi connectivity index (χ3n) is 6.06. The molecule has 0 radical (unpaired) electrons. The van der Waals surface area contributed by atoms with Crippen LogP contribution >= 0.6 is 0 Å². The van der Waals surface area contributed by atoms with Crippen molar-refractivity contribution in [3.63, 3.8) is 0 Å². The number of nitrogens with zero attached hydrogens (tertiary/aromatic N) is 2. The van der Waals surface area contributed by atoms with Crippen LogP contribution in [0.3, 0.4) is 0 Å². The second kappa shape index (κ2) is 9.63. The van der Waals surface area contributed by atoms with Gasteiger partial charge < -0.3 is 10.2 Å². The first-order chi connectivity index (χ1) is 16.2. The highest BCUT2D eigenvalue weighted by Gasteiger charge is 2.29. The Balaban J connectivity index is 1.62. The Labute approximate surface area is 198 Å². The van der Waals surface area contributed by atoms with Gasteiger partial charge in [-0.15, -0.1) is 0 Å². The van der Waals surface area contributed by atoms with Crippen molar-refractivity contribution in [2.75, 3.05) is 23.3 Å². The molecule has 1 N–H and O–H groups in total. The SMILES string of the molecule is Cc1ccc(C)c(CN2CCCN(c3ccc(C)cc3NC(=O)c3c(F)cccc3F)C2=O)c1. The average Bonchev–Trinajstić information content (AvgIpc) is 2.78. The quantitative estimate of drug-likeness (QED) is 0.507. The maximum absolute atomic E-state index is 14.1. The standard InChI is InChI=1S/C27H27F2N3O2/c1-17-8-10-19(3)20(14-17)16-31-12-5-13-32(27(31)34)24-11-9-18(2)15-23(24)30-26(33)25-21(28)6-4-7-22(25)29/h4,6-11,14-15H,5,12-13,16H2,1-3H3,(H,30,33). The van der Waals surface area contributed by atoms with Crippen molar-refractivity contribution in [3.05, 3.63) is 94.0 Å². The van der Waals surface area contributed by atoms with E-state index in [0.29, 0.717) is 31.0 Å². The van der Waals surface area contributed by atoms with Crippen LogP contribution in [-0.2, 0) is 6.54 Å². The third kappa shape index (κ3) is 4.78. The minimum absolute atomic E-state index is 0.177. The van der Waals surface area contributed by atoms with Crippen molar-refractivity contribution >= 4 is 23.3 Å². The number of amides is 3. The normalized spacial score (nSPS) is 13.9. The zero-order valence-electron chi connectivity index (χ0n) is 19.5. The molecule has 0 atom stereocenters. The molecule has 1 fully saturated rings. The lowest BCUT2D eigenvalue weighted by Gasteiger charge is -2.37. The van der Waals surface area contributed by atoms with E-state index in [-0.39, 0.29) is 6.03 Å². The summed E-state index contributed by atoms with van der Waals surface area (Å²) in [6, 6.07) is 14.6.